The number of amides is 1. The number of rotatable bonds is 6. The SMILES string of the molecule is CC(C)C[C@H](NC(=O)c1ccc(N2CCOCC2)cc1)c1ccccc1. The Morgan fingerprint density at radius 2 is 1.69 bits per heavy atom. The summed E-state index contributed by atoms with van der Waals surface area (Å²) in [6.07, 6.45) is 0.918. The quantitative estimate of drug-likeness (QED) is 0.853. The molecule has 0 unspecified atom stereocenters. The Kier molecular flexibility index (Phi) is 6.29. The summed E-state index contributed by atoms with van der Waals surface area (Å²) in [6, 6.07) is 18.1. The largest absolute Gasteiger partial charge is 0.378 e. The molecule has 2 aromatic carbocycles. The van der Waals surface area contributed by atoms with Crippen LogP contribution >= 0.6 is 0 Å². The zero-order valence-electron chi connectivity index (χ0n) is 15.7. The van der Waals surface area contributed by atoms with E-state index in [2.05, 4.69) is 36.2 Å². The molecule has 1 aliphatic heterocycles. The van der Waals surface area contributed by atoms with E-state index in [-0.39, 0.29) is 11.9 Å². The fourth-order valence-corrected chi connectivity index (χ4v) is 3.32. The monoisotopic (exact) mass is 352 g/mol. The van der Waals surface area contributed by atoms with E-state index in [1.807, 2.05) is 42.5 Å². The average Bonchev–Trinajstić information content (AvgIpc) is 2.68. The minimum Gasteiger partial charge on any atom is -0.378 e. The van der Waals surface area contributed by atoms with Crippen LogP contribution in [0.5, 0.6) is 0 Å². The number of carbonyl (C=O) groups is 1. The lowest BCUT2D eigenvalue weighted by atomic mass is 9.96. The molecule has 4 heteroatoms. The van der Waals surface area contributed by atoms with E-state index in [1.165, 1.54) is 0 Å². The van der Waals surface area contributed by atoms with Crippen LogP contribution in [-0.4, -0.2) is 32.2 Å². The molecule has 1 atom stereocenters. The lowest BCUT2D eigenvalue weighted by molar-refractivity contribution is 0.0932. The summed E-state index contributed by atoms with van der Waals surface area (Å²) in [7, 11) is 0. The lowest BCUT2D eigenvalue weighted by Crippen LogP contribution is -2.36. The zero-order valence-corrected chi connectivity index (χ0v) is 15.7. The van der Waals surface area contributed by atoms with E-state index in [4.69, 9.17) is 4.74 Å². The summed E-state index contributed by atoms with van der Waals surface area (Å²) in [6.45, 7) is 7.68. The fraction of sp³-hybridized carbons (Fsp3) is 0.409. The summed E-state index contributed by atoms with van der Waals surface area (Å²) in [5, 5.41) is 3.21. The van der Waals surface area contributed by atoms with Crippen LogP contribution in [-0.2, 0) is 4.74 Å². The first kappa shape index (κ1) is 18.5. The molecule has 1 saturated heterocycles. The second-order valence-electron chi connectivity index (χ2n) is 7.21. The molecule has 138 valence electrons. The number of benzene rings is 2. The third-order valence-corrected chi connectivity index (χ3v) is 4.72. The number of hydrogen-bond donors (Lipinski definition) is 1. The summed E-state index contributed by atoms with van der Waals surface area (Å²) in [5.74, 6) is 0.484. The van der Waals surface area contributed by atoms with Gasteiger partial charge in [0.2, 0.25) is 0 Å². The van der Waals surface area contributed by atoms with Gasteiger partial charge in [-0.05, 0) is 42.2 Å². The highest BCUT2D eigenvalue weighted by Crippen LogP contribution is 2.22. The molecule has 1 aliphatic rings. The molecule has 1 amide bonds. The van der Waals surface area contributed by atoms with Crippen LogP contribution in [0.4, 0.5) is 5.69 Å². The second-order valence-corrected chi connectivity index (χ2v) is 7.21. The molecule has 0 radical (unpaired) electrons. The van der Waals surface area contributed by atoms with Gasteiger partial charge in [0.25, 0.3) is 5.91 Å². The summed E-state index contributed by atoms with van der Waals surface area (Å²) in [4.78, 5) is 15.0. The van der Waals surface area contributed by atoms with Gasteiger partial charge in [-0.1, -0.05) is 44.2 Å². The van der Waals surface area contributed by atoms with Gasteiger partial charge in [0, 0.05) is 24.3 Å². The molecular weight excluding hydrogens is 324 g/mol. The Morgan fingerprint density at radius 3 is 2.31 bits per heavy atom. The predicted molar refractivity (Wildman–Crippen MR) is 106 cm³/mol. The van der Waals surface area contributed by atoms with Crippen LogP contribution in [0, 0.1) is 5.92 Å². The van der Waals surface area contributed by atoms with E-state index in [1.54, 1.807) is 0 Å². The number of carbonyl (C=O) groups excluding carboxylic acids is 1. The van der Waals surface area contributed by atoms with Crippen LogP contribution in [0.25, 0.3) is 0 Å². The standard InChI is InChI=1S/C22H28N2O2/c1-17(2)16-21(18-6-4-3-5-7-18)23-22(25)19-8-10-20(11-9-19)24-12-14-26-15-13-24/h3-11,17,21H,12-16H2,1-2H3,(H,23,25)/t21-/m0/s1. The summed E-state index contributed by atoms with van der Waals surface area (Å²) >= 11 is 0. The maximum atomic E-state index is 12.8. The molecule has 0 aliphatic carbocycles. The molecule has 1 N–H and O–H groups in total. The van der Waals surface area contributed by atoms with Crippen molar-refractivity contribution in [1.82, 2.24) is 5.32 Å². The minimum atomic E-state index is -0.0203. The molecule has 1 fully saturated rings. The molecule has 26 heavy (non-hydrogen) atoms. The van der Waals surface area contributed by atoms with Crippen LogP contribution < -0.4 is 10.2 Å². The Bertz CT molecular complexity index is 692. The molecule has 3 rings (SSSR count). The van der Waals surface area contributed by atoms with Crippen molar-refractivity contribution < 1.29 is 9.53 Å². The number of anilines is 1. The first-order valence-electron chi connectivity index (χ1n) is 9.42. The maximum Gasteiger partial charge on any atom is 0.251 e. The van der Waals surface area contributed by atoms with Crippen molar-refractivity contribution in [2.75, 3.05) is 31.2 Å². The number of ether oxygens (including phenoxy) is 1. The van der Waals surface area contributed by atoms with Crippen LogP contribution in [0.1, 0.15) is 42.2 Å². The van der Waals surface area contributed by atoms with Gasteiger partial charge in [0.15, 0.2) is 0 Å². The van der Waals surface area contributed by atoms with Gasteiger partial charge in [0.1, 0.15) is 0 Å². The Balaban J connectivity index is 1.68. The van der Waals surface area contributed by atoms with Crippen molar-refractivity contribution in [3.05, 3.63) is 65.7 Å². The normalized spacial score (nSPS) is 15.7. The van der Waals surface area contributed by atoms with E-state index < -0.39 is 0 Å². The lowest BCUT2D eigenvalue weighted by Gasteiger charge is -2.29. The van der Waals surface area contributed by atoms with Crippen LogP contribution in [0.15, 0.2) is 54.6 Å². The first-order valence-corrected chi connectivity index (χ1v) is 9.42. The van der Waals surface area contributed by atoms with Gasteiger partial charge in [-0.25, -0.2) is 0 Å². The number of nitrogens with one attached hydrogen (secondary N) is 1. The minimum absolute atomic E-state index is 0.0203. The van der Waals surface area contributed by atoms with Gasteiger partial charge >= 0.3 is 0 Å². The van der Waals surface area contributed by atoms with Gasteiger partial charge < -0.3 is 15.0 Å². The zero-order chi connectivity index (χ0) is 18.4. The van der Waals surface area contributed by atoms with Crippen molar-refractivity contribution in [2.24, 2.45) is 5.92 Å². The van der Waals surface area contributed by atoms with Crippen LogP contribution in [0.2, 0.25) is 0 Å². The van der Waals surface area contributed by atoms with Crippen molar-refractivity contribution >= 4 is 11.6 Å². The Morgan fingerprint density at radius 1 is 1.04 bits per heavy atom. The molecule has 0 saturated carbocycles. The van der Waals surface area contributed by atoms with E-state index in [0.29, 0.717) is 11.5 Å². The molecule has 1 heterocycles. The predicted octanol–water partition coefficient (Wildman–Crippen LogP) is 4.04. The molecule has 2 aromatic rings. The van der Waals surface area contributed by atoms with Gasteiger partial charge in [-0.3, -0.25) is 4.79 Å². The number of nitrogens with zero attached hydrogens (tertiary/aromatic N) is 1. The Hall–Kier alpha value is -2.33. The van der Waals surface area contributed by atoms with Gasteiger partial charge in [0.05, 0.1) is 19.3 Å². The second kappa shape index (κ2) is 8.86. The van der Waals surface area contributed by atoms with Crippen LogP contribution in [0.3, 0.4) is 0 Å². The fourth-order valence-electron chi connectivity index (χ4n) is 3.32. The van der Waals surface area contributed by atoms with E-state index >= 15 is 0 Å². The van der Waals surface area contributed by atoms with Gasteiger partial charge in [-0.15, -0.1) is 0 Å². The van der Waals surface area contributed by atoms with Crippen molar-refractivity contribution in [1.29, 1.82) is 0 Å². The summed E-state index contributed by atoms with van der Waals surface area (Å²) in [5.41, 5.74) is 3.00. The van der Waals surface area contributed by atoms with Crippen molar-refractivity contribution in [3.63, 3.8) is 0 Å². The topological polar surface area (TPSA) is 41.6 Å². The highest BCUT2D eigenvalue weighted by molar-refractivity contribution is 5.94. The maximum absolute atomic E-state index is 12.8. The highest BCUT2D eigenvalue weighted by Gasteiger charge is 2.18. The average molecular weight is 352 g/mol. The number of morpholine rings is 1. The molecule has 0 spiro atoms. The molecular formula is C22H28N2O2. The molecule has 0 bridgehead atoms. The van der Waals surface area contributed by atoms with Crippen molar-refractivity contribution in [3.8, 4) is 0 Å². The summed E-state index contributed by atoms with van der Waals surface area (Å²) < 4.78 is 5.39. The molecule has 0 aromatic heterocycles. The number of hydrogen-bond acceptors (Lipinski definition) is 3. The highest BCUT2D eigenvalue weighted by atomic mass is 16.5. The Labute approximate surface area is 156 Å². The molecule has 4 nitrogen and oxygen atoms in total. The van der Waals surface area contributed by atoms with Gasteiger partial charge in [-0.2, -0.15) is 0 Å². The third kappa shape index (κ3) is 4.85. The van der Waals surface area contributed by atoms with E-state index in [9.17, 15) is 4.79 Å². The van der Waals surface area contributed by atoms with E-state index in [0.717, 1.165) is 44.0 Å². The van der Waals surface area contributed by atoms with Crippen molar-refractivity contribution in [2.45, 2.75) is 26.3 Å². The third-order valence-electron chi connectivity index (χ3n) is 4.72. The smallest absolute Gasteiger partial charge is 0.251 e. The first-order chi connectivity index (χ1) is 12.6.